The lowest BCUT2D eigenvalue weighted by molar-refractivity contribution is 0.409. The Morgan fingerprint density at radius 3 is 2.80 bits per heavy atom. The van der Waals surface area contributed by atoms with E-state index in [2.05, 4.69) is 9.98 Å². The first kappa shape index (κ1) is 7.78. The maximum absolute atomic E-state index is 5.60. The molecular formula is C4H6Cl2N4. The minimum atomic E-state index is -0.634. The average molecular weight is 181 g/mol. The normalized spacial score (nSPS) is 26.0. The van der Waals surface area contributed by atoms with Crippen molar-refractivity contribution in [1.29, 1.82) is 0 Å². The lowest BCUT2D eigenvalue weighted by Crippen LogP contribution is -2.43. The maximum atomic E-state index is 5.60. The van der Waals surface area contributed by atoms with Crippen LogP contribution >= 0.6 is 23.2 Å². The molecule has 0 aliphatic carbocycles. The third-order valence-electron chi connectivity index (χ3n) is 1.07. The van der Waals surface area contributed by atoms with Crippen LogP contribution < -0.4 is 5.84 Å². The van der Waals surface area contributed by atoms with Crippen LogP contribution in [0.4, 0.5) is 0 Å². The molecule has 0 spiro atoms. The molecule has 0 aromatic carbocycles. The monoisotopic (exact) mass is 180 g/mol. The Labute approximate surface area is 68.3 Å². The summed E-state index contributed by atoms with van der Waals surface area (Å²) in [6, 6.07) is 0. The van der Waals surface area contributed by atoms with Gasteiger partial charge < -0.3 is 0 Å². The Morgan fingerprint density at radius 2 is 2.30 bits per heavy atom. The Balaban J connectivity index is 2.85. The lowest BCUT2D eigenvalue weighted by atomic mass is 10.6. The first-order chi connectivity index (χ1) is 4.61. The highest BCUT2D eigenvalue weighted by Gasteiger charge is 2.17. The molecule has 0 amide bonds. The molecule has 1 atom stereocenters. The quantitative estimate of drug-likeness (QED) is 0.340. The Morgan fingerprint density at radius 1 is 1.70 bits per heavy atom. The van der Waals surface area contributed by atoms with Crippen molar-refractivity contribution < 1.29 is 0 Å². The number of halogens is 2. The van der Waals surface area contributed by atoms with Gasteiger partial charge in [0.1, 0.15) is 5.84 Å². The first-order valence-electron chi connectivity index (χ1n) is 2.58. The van der Waals surface area contributed by atoms with Crippen molar-refractivity contribution in [3.05, 3.63) is 0 Å². The number of nitrogens with zero attached hydrogens (tertiary/aromatic N) is 3. The van der Waals surface area contributed by atoms with Gasteiger partial charge in [-0.3, -0.25) is 5.01 Å². The molecule has 2 N–H and O–H groups in total. The number of alkyl halides is 1. The zero-order valence-electron chi connectivity index (χ0n) is 5.25. The van der Waals surface area contributed by atoms with Gasteiger partial charge in [0.25, 0.3) is 0 Å². The molecule has 0 fully saturated rings. The van der Waals surface area contributed by atoms with E-state index in [1.165, 1.54) is 5.01 Å². The number of aliphatic imine (C=N–C) groups is 2. The summed E-state index contributed by atoms with van der Waals surface area (Å²) in [5.41, 5.74) is -0.634. The molecule has 0 aromatic heterocycles. The summed E-state index contributed by atoms with van der Waals surface area (Å²) < 4.78 is 0. The second-order valence-corrected chi connectivity index (χ2v) is 2.50. The van der Waals surface area contributed by atoms with E-state index in [1.807, 2.05) is 0 Å². The lowest BCUT2D eigenvalue weighted by Gasteiger charge is -2.23. The van der Waals surface area contributed by atoms with E-state index >= 15 is 0 Å². The van der Waals surface area contributed by atoms with E-state index in [1.54, 1.807) is 6.92 Å². The van der Waals surface area contributed by atoms with Crippen LogP contribution in [-0.2, 0) is 0 Å². The topological polar surface area (TPSA) is 54.0 Å². The average Bonchev–Trinajstić information content (AvgIpc) is 1.82. The number of rotatable bonds is 0. The van der Waals surface area contributed by atoms with Crippen molar-refractivity contribution >= 4 is 34.3 Å². The summed E-state index contributed by atoms with van der Waals surface area (Å²) in [6.07, 6.45) is 0. The van der Waals surface area contributed by atoms with Crippen LogP contribution in [0.5, 0.6) is 0 Å². The SMILES string of the molecule is CC1=NC(Cl)=NC(Cl)N1N. The zero-order valence-corrected chi connectivity index (χ0v) is 6.76. The summed E-state index contributed by atoms with van der Waals surface area (Å²) in [5.74, 6) is 5.94. The van der Waals surface area contributed by atoms with Gasteiger partial charge >= 0.3 is 0 Å². The summed E-state index contributed by atoms with van der Waals surface area (Å²) in [7, 11) is 0. The number of amidine groups is 2. The predicted molar refractivity (Wildman–Crippen MR) is 42.1 cm³/mol. The molecular weight excluding hydrogens is 175 g/mol. The number of hydrogen-bond donors (Lipinski definition) is 1. The van der Waals surface area contributed by atoms with Crippen LogP contribution in [0.3, 0.4) is 0 Å². The molecule has 0 saturated carbocycles. The van der Waals surface area contributed by atoms with Crippen molar-refractivity contribution in [3.63, 3.8) is 0 Å². The smallest absolute Gasteiger partial charge is 0.222 e. The summed E-state index contributed by atoms with van der Waals surface area (Å²) in [4.78, 5) is 7.44. The predicted octanol–water partition coefficient (Wildman–Crippen LogP) is 0.711. The fourth-order valence-electron chi connectivity index (χ4n) is 0.524. The second kappa shape index (κ2) is 2.74. The van der Waals surface area contributed by atoms with Crippen molar-refractivity contribution in [3.8, 4) is 0 Å². The molecule has 1 rings (SSSR count). The third-order valence-corrected chi connectivity index (χ3v) is 1.56. The van der Waals surface area contributed by atoms with E-state index in [-0.39, 0.29) is 5.29 Å². The molecule has 1 aliphatic heterocycles. The molecule has 6 heteroatoms. The van der Waals surface area contributed by atoms with Gasteiger partial charge in [0.15, 0.2) is 0 Å². The van der Waals surface area contributed by atoms with Crippen molar-refractivity contribution in [2.75, 3.05) is 0 Å². The van der Waals surface area contributed by atoms with Gasteiger partial charge in [-0.25, -0.2) is 15.8 Å². The molecule has 1 heterocycles. The molecule has 10 heavy (non-hydrogen) atoms. The number of hydrazine groups is 1. The standard InChI is InChI=1S/C4H6Cl2N4/c1-2-8-3(5)9-4(6)10(2)7/h4H,7H2,1H3. The van der Waals surface area contributed by atoms with Gasteiger partial charge in [0.05, 0.1) is 0 Å². The fraction of sp³-hybridized carbons (Fsp3) is 0.500. The first-order valence-corrected chi connectivity index (χ1v) is 3.39. The second-order valence-electron chi connectivity index (χ2n) is 1.78. The molecule has 0 aromatic rings. The fourth-order valence-corrected chi connectivity index (χ4v) is 1.02. The number of hydrogen-bond acceptors (Lipinski definition) is 4. The van der Waals surface area contributed by atoms with Crippen LogP contribution in [0.1, 0.15) is 6.92 Å². The molecule has 56 valence electrons. The van der Waals surface area contributed by atoms with Gasteiger partial charge in [-0.15, -0.1) is 0 Å². The van der Waals surface area contributed by atoms with Crippen LogP contribution in [-0.4, -0.2) is 21.8 Å². The Bertz CT molecular complexity index is 199. The minimum absolute atomic E-state index is 0.138. The Hall–Kier alpha value is -0.320. The molecule has 1 aliphatic rings. The molecule has 4 nitrogen and oxygen atoms in total. The molecule has 0 radical (unpaired) electrons. The van der Waals surface area contributed by atoms with Crippen molar-refractivity contribution in [2.24, 2.45) is 15.8 Å². The van der Waals surface area contributed by atoms with Gasteiger partial charge in [-0.2, -0.15) is 0 Å². The Kier molecular flexibility index (Phi) is 2.13. The summed E-state index contributed by atoms with van der Waals surface area (Å²) in [6.45, 7) is 1.70. The third kappa shape index (κ3) is 1.39. The van der Waals surface area contributed by atoms with Gasteiger partial charge in [-0.1, -0.05) is 11.6 Å². The van der Waals surface area contributed by atoms with Gasteiger partial charge in [0.2, 0.25) is 10.9 Å². The van der Waals surface area contributed by atoms with Crippen molar-refractivity contribution in [2.45, 2.75) is 12.5 Å². The maximum Gasteiger partial charge on any atom is 0.222 e. The van der Waals surface area contributed by atoms with E-state index in [0.717, 1.165) is 0 Å². The van der Waals surface area contributed by atoms with E-state index in [0.29, 0.717) is 5.84 Å². The van der Waals surface area contributed by atoms with E-state index in [9.17, 15) is 0 Å². The highest BCUT2D eigenvalue weighted by atomic mass is 35.5. The zero-order chi connectivity index (χ0) is 7.72. The summed E-state index contributed by atoms with van der Waals surface area (Å²) in [5, 5.41) is 1.37. The van der Waals surface area contributed by atoms with Crippen LogP contribution in [0.2, 0.25) is 0 Å². The largest absolute Gasteiger partial charge is 0.260 e. The van der Waals surface area contributed by atoms with Gasteiger partial charge in [0, 0.05) is 0 Å². The van der Waals surface area contributed by atoms with Crippen LogP contribution in [0, 0.1) is 0 Å². The summed E-state index contributed by atoms with van der Waals surface area (Å²) >= 11 is 11.1. The molecule has 0 bridgehead atoms. The minimum Gasteiger partial charge on any atom is -0.260 e. The van der Waals surface area contributed by atoms with E-state index in [4.69, 9.17) is 29.0 Å². The van der Waals surface area contributed by atoms with Crippen LogP contribution in [0.15, 0.2) is 9.98 Å². The number of nitrogens with two attached hydrogens (primary N) is 1. The molecule has 1 unspecified atom stereocenters. The molecule has 0 saturated heterocycles. The highest BCUT2D eigenvalue weighted by Crippen LogP contribution is 2.10. The highest BCUT2D eigenvalue weighted by molar-refractivity contribution is 6.66. The van der Waals surface area contributed by atoms with E-state index < -0.39 is 5.62 Å². The van der Waals surface area contributed by atoms with Crippen molar-refractivity contribution in [1.82, 2.24) is 5.01 Å². The van der Waals surface area contributed by atoms with Gasteiger partial charge in [-0.05, 0) is 18.5 Å². The van der Waals surface area contributed by atoms with Crippen LogP contribution in [0.25, 0.3) is 0 Å².